The zero-order valence-electron chi connectivity index (χ0n) is 13.5. The van der Waals surface area contributed by atoms with Gasteiger partial charge in [0.2, 0.25) is 0 Å². The summed E-state index contributed by atoms with van der Waals surface area (Å²) in [5, 5.41) is 5.64. The van der Waals surface area contributed by atoms with Crippen LogP contribution in [-0.2, 0) is 0 Å². The summed E-state index contributed by atoms with van der Waals surface area (Å²) in [6, 6.07) is 1.41. The van der Waals surface area contributed by atoms with Crippen molar-refractivity contribution in [3.8, 4) is 0 Å². The molecule has 0 saturated heterocycles. The molecule has 118 valence electrons. The normalized spacial score (nSPS) is 11.3. The van der Waals surface area contributed by atoms with Gasteiger partial charge in [-0.15, -0.1) is 0 Å². The molecule has 1 amide bonds. The predicted molar refractivity (Wildman–Crippen MR) is 83.9 cm³/mol. The van der Waals surface area contributed by atoms with Crippen LogP contribution in [0.3, 0.4) is 0 Å². The Morgan fingerprint density at radius 2 is 1.90 bits per heavy atom. The van der Waals surface area contributed by atoms with Crippen molar-refractivity contribution in [2.75, 3.05) is 18.4 Å². The minimum atomic E-state index is -0.595. The number of amides is 1. The molecule has 4 nitrogen and oxygen atoms in total. The Morgan fingerprint density at radius 3 is 2.43 bits per heavy atom. The maximum absolute atomic E-state index is 14.2. The quantitative estimate of drug-likeness (QED) is 0.811. The minimum absolute atomic E-state index is 0.0345. The molecule has 1 heterocycles. The van der Waals surface area contributed by atoms with E-state index in [-0.39, 0.29) is 17.3 Å². The van der Waals surface area contributed by atoms with E-state index in [2.05, 4.69) is 43.3 Å². The highest BCUT2D eigenvalue weighted by atomic mass is 19.1. The maximum atomic E-state index is 14.2. The molecule has 1 aromatic rings. The predicted octanol–water partition coefficient (Wildman–Crippen LogP) is 3.31. The highest BCUT2D eigenvalue weighted by Crippen LogP contribution is 2.20. The van der Waals surface area contributed by atoms with Gasteiger partial charge in [-0.1, -0.05) is 27.7 Å². The SMILES string of the molecule is CCNc1nccc(C(=O)NCC(C(C)C)C(C)C)c1F. The molecule has 0 bridgehead atoms. The van der Waals surface area contributed by atoms with Gasteiger partial charge in [0.1, 0.15) is 0 Å². The molecule has 1 aromatic heterocycles. The molecule has 0 saturated carbocycles. The number of aromatic nitrogens is 1. The Bertz CT molecular complexity index is 467. The zero-order chi connectivity index (χ0) is 16.0. The van der Waals surface area contributed by atoms with E-state index in [1.54, 1.807) is 0 Å². The van der Waals surface area contributed by atoms with Crippen LogP contribution < -0.4 is 10.6 Å². The maximum Gasteiger partial charge on any atom is 0.254 e. The Kier molecular flexibility index (Phi) is 6.59. The van der Waals surface area contributed by atoms with Crippen molar-refractivity contribution in [1.29, 1.82) is 0 Å². The van der Waals surface area contributed by atoms with Gasteiger partial charge in [-0.25, -0.2) is 9.37 Å². The molecule has 21 heavy (non-hydrogen) atoms. The molecule has 0 radical (unpaired) electrons. The second-order valence-electron chi connectivity index (χ2n) is 5.91. The van der Waals surface area contributed by atoms with Crippen LogP contribution in [0.1, 0.15) is 45.0 Å². The van der Waals surface area contributed by atoms with E-state index in [1.165, 1.54) is 12.3 Å². The first-order chi connectivity index (χ1) is 9.88. The van der Waals surface area contributed by atoms with Crippen LogP contribution in [0.5, 0.6) is 0 Å². The second-order valence-corrected chi connectivity index (χ2v) is 5.91. The second kappa shape index (κ2) is 7.96. The number of hydrogen-bond donors (Lipinski definition) is 2. The van der Waals surface area contributed by atoms with Crippen LogP contribution in [0.25, 0.3) is 0 Å². The van der Waals surface area contributed by atoms with Crippen molar-refractivity contribution >= 4 is 11.7 Å². The van der Waals surface area contributed by atoms with Crippen LogP contribution in [0, 0.1) is 23.6 Å². The summed E-state index contributed by atoms with van der Waals surface area (Å²) >= 11 is 0. The first-order valence-corrected chi connectivity index (χ1v) is 7.55. The lowest BCUT2D eigenvalue weighted by molar-refractivity contribution is 0.0933. The lowest BCUT2D eigenvalue weighted by Gasteiger charge is -2.25. The fourth-order valence-corrected chi connectivity index (χ4v) is 2.46. The molecule has 1 rings (SSSR count). The fraction of sp³-hybridized carbons (Fsp3) is 0.625. The van der Waals surface area contributed by atoms with Gasteiger partial charge in [0.25, 0.3) is 5.91 Å². The average molecular weight is 295 g/mol. The van der Waals surface area contributed by atoms with Crippen LogP contribution in [0.15, 0.2) is 12.3 Å². The standard InChI is InChI=1S/C16H26FN3O/c1-6-18-15-14(17)12(7-8-19-15)16(21)20-9-13(10(2)3)11(4)5/h7-8,10-11,13H,6,9H2,1-5H3,(H,18,19)(H,20,21). The van der Waals surface area contributed by atoms with Crippen molar-refractivity contribution in [2.45, 2.75) is 34.6 Å². The van der Waals surface area contributed by atoms with E-state index >= 15 is 0 Å². The summed E-state index contributed by atoms with van der Waals surface area (Å²) in [5.74, 6) is 0.430. The van der Waals surface area contributed by atoms with E-state index in [0.717, 1.165) is 0 Å². The molecule has 0 atom stereocenters. The summed E-state index contributed by atoms with van der Waals surface area (Å²) in [6.45, 7) is 11.5. The molecule has 0 fully saturated rings. The topological polar surface area (TPSA) is 54.0 Å². The van der Waals surface area contributed by atoms with Crippen LogP contribution in [0.2, 0.25) is 0 Å². The largest absolute Gasteiger partial charge is 0.368 e. The highest BCUT2D eigenvalue weighted by Gasteiger charge is 2.20. The zero-order valence-corrected chi connectivity index (χ0v) is 13.5. The van der Waals surface area contributed by atoms with E-state index in [9.17, 15) is 9.18 Å². The van der Waals surface area contributed by atoms with Gasteiger partial charge in [-0.3, -0.25) is 4.79 Å². The van der Waals surface area contributed by atoms with Gasteiger partial charge in [0.15, 0.2) is 11.6 Å². The Balaban J connectivity index is 2.78. The van der Waals surface area contributed by atoms with E-state index < -0.39 is 5.82 Å². The summed E-state index contributed by atoms with van der Waals surface area (Å²) in [5.41, 5.74) is 0.0345. The lowest BCUT2D eigenvalue weighted by Crippen LogP contribution is -2.34. The number of rotatable bonds is 7. The third kappa shape index (κ3) is 4.69. The molecule has 0 aliphatic carbocycles. The number of nitrogens with one attached hydrogen (secondary N) is 2. The number of hydrogen-bond acceptors (Lipinski definition) is 3. The van der Waals surface area contributed by atoms with Crippen LogP contribution in [-0.4, -0.2) is 24.0 Å². The molecule has 0 aliphatic heterocycles. The fourth-order valence-electron chi connectivity index (χ4n) is 2.46. The van der Waals surface area contributed by atoms with Crippen LogP contribution in [0.4, 0.5) is 10.2 Å². The molecule has 0 spiro atoms. The summed E-state index contributed by atoms with van der Waals surface area (Å²) in [4.78, 5) is 16.1. The highest BCUT2D eigenvalue weighted by molar-refractivity contribution is 5.95. The van der Waals surface area contributed by atoms with E-state index in [4.69, 9.17) is 0 Å². The number of anilines is 1. The van der Waals surface area contributed by atoms with Crippen molar-refractivity contribution in [2.24, 2.45) is 17.8 Å². The van der Waals surface area contributed by atoms with Gasteiger partial charge in [0.05, 0.1) is 5.56 Å². The number of nitrogens with zero attached hydrogens (tertiary/aromatic N) is 1. The molecule has 2 N–H and O–H groups in total. The van der Waals surface area contributed by atoms with Gasteiger partial charge < -0.3 is 10.6 Å². The molecule has 5 heteroatoms. The van der Waals surface area contributed by atoms with Crippen molar-refractivity contribution in [3.63, 3.8) is 0 Å². The third-order valence-electron chi connectivity index (χ3n) is 3.69. The summed E-state index contributed by atoms with van der Waals surface area (Å²) < 4.78 is 14.2. The molecule has 0 unspecified atom stereocenters. The molecular weight excluding hydrogens is 269 g/mol. The lowest BCUT2D eigenvalue weighted by atomic mass is 9.85. The van der Waals surface area contributed by atoms with E-state index in [1.807, 2.05) is 6.92 Å². The molecule has 0 aromatic carbocycles. The van der Waals surface area contributed by atoms with Gasteiger partial charge >= 0.3 is 0 Å². The van der Waals surface area contributed by atoms with Crippen molar-refractivity contribution in [1.82, 2.24) is 10.3 Å². The molecular formula is C16H26FN3O. The number of carbonyl (C=O) groups excluding carboxylic acids is 1. The van der Waals surface area contributed by atoms with Gasteiger partial charge in [-0.2, -0.15) is 0 Å². The first-order valence-electron chi connectivity index (χ1n) is 7.55. The summed E-state index contributed by atoms with van der Waals surface area (Å²) in [6.07, 6.45) is 1.44. The third-order valence-corrected chi connectivity index (χ3v) is 3.69. The monoisotopic (exact) mass is 295 g/mol. The van der Waals surface area contributed by atoms with Gasteiger partial charge in [0, 0.05) is 19.3 Å². The molecule has 0 aliphatic rings. The minimum Gasteiger partial charge on any atom is -0.368 e. The van der Waals surface area contributed by atoms with E-state index in [0.29, 0.717) is 30.8 Å². The Labute approximate surface area is 126 Å². The van der Waals surface area contributed by atoms with Gasteiger partial charge in [-0.05, 0) is 30.7 Å². The summed E-state index contributed by atoms with van der Waals surface area (Å²) in [7, 11) is 0. The van der Waals surface area contributed by atoms with Crippen molar-refractivity contribution in [3.05, 3.63) is 23.6 Å². The number of carbonyl (C=O) groups is 1. The van der Waals surface area contributed by atoms with Crippen LogP contribution >= 0.6 is 0 Å². The Hall–Kier alpha value is -1.65. The number of halogens is 1. The average Bonchev–Trinajstić information content (AvgIpc) is 2.40. The number of pyridine rings is 1. The van der Waals surface area contributed by atoms with Crippen molar-refractivity contribution < 1.29 is 9.18 Å². The Morgan fingerprint density at radius 1 is 1.29 bits per heavy atom. The first kappa shape index (κ1) is 17.4. The smallest absolute Gasteiger partial charge is 0.254 e.